The molecule has 2 aromatic carbocycles. The lowest BCUT2D eigenvalue weighted by Crippen LogP contribution is -1.94. The second-order valence-corrected chi connectivity index (χ2v) is 5.34. The molecule has 0 radical (unpaired) electrons. The topological polar surface area (TPSA) is 52.4 Å². The number of nitro benzene ring substituents is 1. The Morgan fingerprint density at radius 2 is 2.05 bits per heavy atom. The fourth-order valence-electron chi connectivity index (χ4n) is 1.68. The van der Waals surface area contributed by atoms with E-state index < -0.39 is 4.92 Å². The molecule has 20 heavy (non-hydrogen) atoms. The predicted octanol–water partition coefficient (Wildman–Crippen LogP) is 5.20. The van der Waals surface area contributed by atoms with Crippen molar-refractivity contribution in [2.75, 3.05) is 0 Å². The minimum atomic E-state index is -0.461. The Bertz CT molecular complexity index is 661. The van der Waals surface area contributed by atoms with E-state index in [0.29, 0.717) is 11.6 Å². The number of aryl methyl sites for hydroxylation is 1. The van der Waals surface area contributed by atoms with Crippen molar-refractivity contribution in [3.8, 4) is 11.5 Å². The summed E-state index contributed by atoms with van der Waals surface area (Å²) in [6, 6.07) is 10.0. The predicted molar refractivity (Wildman–Crippen MR) is 81.6 cm³/mol. The molecule has 4 nitrogen and oxygen atoms in total. The van der Waals surface area contributed by atoms with Crippen molar-refractivity contribution in [1.29, 1.82) is 0 Å². The van der Waals surface area contributed by atoms with Gasteiger partial charge in [0.1, 0.15) is 5.75 Å². The zero-order valence-corrected chi connectivity index (χ0v) is 12.9. The first-order valence-corrected chi connectivity index (χ1v) is 7.11. The van der Waals surface area contributed by atoms with Crippen LogP contribution in [-0.2, 0) is 5.88 Å². The summed E-state index contributed by atoms with van der Waals surface area (Å²) >= 11 is 9.16. The van der Waals surface area contributed by atoms with Gasteiger partial charge in [-0.15, -0.1) is 11.6 Å². The Balaban J connectivity index is 2.36. The van der Waals surface area contributed by atoms with E-state index in [1.165, 1.54) is 6.07 Å². The second-order valence-electron chi connectivity index (χ2n) is 4.22. The molecule has 0 saturated heterocycles. The van der Waals surface area contributed by atoms with E-state index in [1.807, 2.05) is 13.0 Å². The van der Waals surface area contributed by atoms with Gasteiger partial charge in [0.25, 0.3) is 0 Å². The molecule has 0 spiro atoms. The van der Waals surface area contributed by atoms with Crippen LogP contribution in [0.4, 0.5) is 5.69 Å². The maximum absolute atomic E-state index is 11.0. The van der Waals surface area contributed by atoms with Crippen molar-refractivity contribution in [3.63, 3.8) is 0 Å². The van der Waals surface area contributed by atoms with Crippen LogP contribution in [0.15, 0.2) is 40.9 Å². The molecule has 2 aromatic rings. The summed E-state index contributed by atoms with van der Waals surface area (Å²) < 4.78 is 6.42. The number of halogens is 2. The molecule has 0 aliphatic heterocycles. The van der Waals surface area contributed by atoms with Crippen LogP contribution in [-0.4, -0.2) is 4.92 Å². The van der Waals surface area contributed by atoms with E-state index in [-0.39, 0.29) is 11.4 Å². The van der Waals surface area contributed by atoms with Crippen molar-refractivity contribution < 1.29 is 9.66 Å². The molecule has 0 aromatic heterocycles. The Morgan fingerprint density at radius 3 is 2.65 bits per heavy atom. The first-order valence-electron chi connectivity index (χ1n) is 5.78. The normalized spacial score (nSPS) is 10.3. The molecular weight excluding hydrogens is 346 g/mol. The summed E-state index contributed by atoms with van der Waals surface area (Å²) in [6.07, 6.45) is 0. The van der Waals surface area contributed by atoms with Crippen LogP contribution in [0.25, 0.3) is 0 Å². The summed E-state index contributed by atoms with van der Waals surface area (Å²) in [5.74, 6) is 1.12. The van der Waals surface area contributed by atoms with Gasteiger partial charge < -0.3 is 4.74 Å². The lowest BCUT2D eigenvalue weighted by molar-refractivity contribution is -0.385. The Morgan fingerprint density at radius 1 is 1.30 bits per heavy atom. The maximum Gasteiger partial charge on any atom is 0.311 e. The van der Waals surface area contributed by atoms with Gasteiger partial charge in [-0.25, -0.2) is 0 Å². The highest BCUT2D eigenvalue weighted by Gasteiger charge is 2.16. The van der Waals surface area contributed by atoms with Crippen molar-refractivity contribution in [2.45, 2.75) is 12.8 Å². The average molecular weight is 357 g/mol. The Hall–Kier alpha value is -1.59. The zero-order valence-electron chi connectivity index (χ0n) is 10.6. The third-order valence-electron chi connectivity index (χ3n) is 2.71. The van der Waals surface area contributed by atoms with Crippen molar-refractivity contribution >= 4 is 33.2 Å². The molecule has 0 atom stereocenters. The van der Waals surface area contributed by atoms with Crippen molar-refractivity contribution in [3.05, 3.63) is 62.1 Å². The van der Waals surface area contributed by atoms with Gasteiger partial charge in [-0.3, -0.25) is 10.1 Å². The number of ether oxygens (including phenoxy) is 1. The van der Waals surface area contributed by atoms with E-state index >= 15 is 0 Å². The summed E-state index contributed by atoms with van der Waals surface area (Å²) in [5.41, 5.74) is 1.76. The highest BCUT2D eigenvalue weighted by atomic mass is 79.9. The summed E-state index contributed by atoms with van der Waals surface area (Å²) in [6.45, 7) is 1.85. The molecule has 0 fully saturated rings. The van der Waals surface area contributed by atoms with Gasteiger partial charge in [0, 0.05) is 16.4 Å². The largest absolute Gasteiger partial charge is 0.450 e. The summed E-state index contributed by atoms with van der Waals surface area (Å²) in [7, 11) is 0. The van der Waals surface area contributed by atoms with Gasteiger partial charge in [-0.05, 0) is 36.2 Å². The van der Waals surface area contributed by atoms with Crippen LogP contribution in [0, 0.1) is 17.0 Å². The first kappa shape index (κ1) is 14.8. The molecule has 0 amide bonds. The SMILES string of the molecule is Cc1ccc([N+](=O)[O-])c(Oc2ccc(CCl)c(Br)c2)c1. The minimum absolute atomic E-state index is 0.0619. The van der Waals surface area contributed by atoms with Crippen molar-refractivity contribution in [2.24, 2.45) is 0 Å². The number of nitrogens with zero attached hydrogens (tertiary/aromatic N) is 1. The number of hydrogen-bond donors (Lipinski definition) is 0. The molecule has 0 bridgehead atoms. The van der Waals surface area contributed by atoms with E-state index in [9.17, 15) is 10.1 Å². The van der Waals surface area contributed by atoms with Gasteiger partial charge >= 0.3 is 5.69 Å². The Kier molecular flexibility index (Phi) is 4.62. The average Bonchev–Trinajstić information content (AvgIpc) is 2.38. The summed E-state index contributed by atoms with van der Waals surface area (Å²) in [5, 5.41) is 11.0. The Labute approximate surface area is 129 Å². The molecule has 104 valence electrons. The van der Waals surface area contributed by atoms with Gasteiger partial charge in [0.15, 0.2) is 0 Å². The van der Waals surface area contributed by atoms with E-state index in [4.69, 9.17) is 16.3 Å². The van der Waals surface area contributed by atoms with Gasteiger partial charge in [0.05, 0.1) is 4.92 Å². The van der Waals surface area contributed by atoms with Crippen LogP contribution in [0.2, 0.25) is 0 Å². The van der Waals surface area contributed by atoms with E-state index in [0.717, 1.165) is 15.6 Å². The number of benzene rings is 2. The van der Waals surface area contributed by atoms with Crippen molar-refractivity contribution in [1.82, 2.24) is 0 Å². The highest BCUT2D eigenvalue weighted by Crippen LogP contribution is 2.34. The van der Waals surface area contributed by atoms with Crippen LogP contribution in [0.5, 0.6) is 11.5 Å². The lowest BCUT2D eigenvalue weighted by atomic mass is 10.2. The van der Waals surface area contributed by atoms with Gasteiger partial charge in [-0.2, -0.15) is 0 Å². The fourth-order valence-corrected chi connectivity index (χ4v) is 2.57. The molecular formula is C14H11BrClNO3. The molecule has 0 aliphatic rings. The smallest absolute Gasteiger partial charge is 0.311 e. The van der Waals surface area contributed by atoms with Crippen LogP contribution < -0.4 is 4.74 Å². The minimum Gasteiger partial charge on any atom is -0.450 e. The number of hydrogen-bond acceptors (Lipinski definition) is 3. The summed E-state index contributed by atoms with van der Waals surface area (Å²) in [4.78, 5) is 10.5. The second kappa shape index (κ2) is 6.24. The fraction of sp³-hybridized carbons (Fsp3) is 0.143. The molecule has 2 rings (SSSR count). The quantitative estimate of drug-likeness (QED) is 0.430. The number of nitro groups is 1. The van der Waals surface area contributed by atoms with E-state index in [1.54, 1.807) is 24.3 Å². The number of alkyl halides is 1. The lowest BCUT2D eigenvalue weighted by Gasteiger charge is -2.09. The zero-order chi connectivity index (χ0) is 14.7. The standard InChI is InChI=1S/C14H11BrClNO3/c1-9-2-5-13(17(18)19)14(6-9)20-11-4-3-10(8-16)12(15)7-11/h2-7H,8H2,1H3. The van der Waals surface area contributed by atoms with Gasteiger partial charge in [-0.1, -0.05) is 28.1 Å². The number of rotatable bonds is 4. The molecule has 0 saturated carbocycles. The molecule has 0 N–H and O–H groups in total. The van der Waals surface area contributed by atoms with Crippen LogP contribution in [0.1, 0.15) is 11.1 Å². The monoisotopic (exact) mass is 355 g/mol. The molecule has 6 heteroatoms. The third-order valence-corrected chi connectivity index (χ3v) is 3.73. The maximum atomic E-state index is 11.0. The molecule has 0 unspecified atom stereocenters. The van der Waals surface area contributed by atoms with Gasteiger partial charge in [0.2, 0.25) is 5.75 Å². The first-order chi connectivity index (χ1) is 9.51. The molecule has 0 aliphatic carbocycles. The van der Waals surface area contributed by atoms with E-state index in [2.05, 4.69) is 15.9 Å². The third kappa shape index (κ3) is 3.29. The van der Waals surface area contributed by atoms with Crippen LogP contribution >= 0.6 is 27.5 Å². The molecule has 0 heterocycles. The highest BCUT2D eigenvalue weighted by molar-refractivity contribution is 9.10. The van der Waals surface area contributed by atoms with Crippen LogP contribution in [0.3, 0.4) is 0 Å².